The summed E-state index contributed by atoms with van der Waals surface area (Å²) in [5.74, 6) is 2.36. The van der Waals surface area contributed by atoms with Gasteiger partial charge in [-0.15, -0.1) is 0 Å². The zero-order valence-corrected chi connectivity index (χ0v) is 13.3. The molecule has 0 aliphatic heterocycles. The fourth-order valence-electron chi connectivity index (χ4n) is 2.15. The fourth-order valence-corrected chi connectivity index (χ4v) is 2.15. The molecule has 0 fully saturated rings. The third-order valence-electron chi connectivity index (χ3n) is 3.43. The van der Waals surface area contributed by atoms with Crippen molar-refractivity contribution in [2.75, 3.05) is 17.2 Å². The van der Waals surface area contributed by atoms with Crippen LogP contribution in [0.1, 0.15) is 31.4 Å². The standard InChI is InChI=1S/C17H24N4/c1-12(2)8-9-18-15-10-16(20-11-19-15)21-17-13(3)6-5-7-14(17)4/h5-7,10-12H,8-9H2,1-4H3,(H2,18,19,20,21). The monoisotopic (exact) mass is 284 g/mol. The highest BCUT2D eigenvalue weighted by molar-refractivity contribution is 5.65. The van der Waals surface area contributed by atoms with Crippen LogP contribution < -0.4 is 10.6 Å². The lowest BCUT2D eigenvalue weighted by atomic mass is 10.1. The minimum atomic E-state index is 0.687. The SMILES string of the molecule is Cc1cccc(C)c1Nc1cc(NCCC(C)C)ncn1. The molecule has 0 aliphatic carbocycles. The molecule has 2 aromatic rings. The van der Waals surface area contributed by atoms with Crippen LogP contribution in [0.5, 0.6) is 0 Å². The summed E-state index contributed by atoms with van der Waals surface area (Å²) in [7, 11) is 0. The van der Waals surface area contributed by atoms with Gasteiger partial charge in [0.15, 0.2) is 0 Å². The molecule has 0 aliphatic rings. The van der Waals surface area contributed by atoms with E-state index < -0.39 is 0 Å². The third-order valence-corrected chi connectivity index (χ3v) is 3.43. The molecule has 112 valence electrons. The number of anilines is 3. The predicted molar refractivity (Wildman–Crippen MR) is 89.2 cm³/mol. The summed E-state index contributed by atoms with van der Waals surface area (Å²) < 4.78 is 0. The first-order valence-electron chi connectivity index (χ1n) is 7.45. The van der Waals surface area contributed by atoms with Gasteiger partial charge in [-0.05, 0) is 37.3 Å². The molecule has 0 radical (unpaired) electrons. The van der Waals surface area contributed by atoms with Gasteiger partial charge >= 0.3 is 0 Å². The minimum Gasteiger partial charge on any atom is -0.370 e. The van der Waals surface area contributed by atoms with Crippen molar-refractivity contribution in [3.05, 3.63) is 41.7 Å². The quantitative estimate of drug-likeness (QED) is 0.830. The van der Waals surface area contributed by atoms with Gasteiger partial charge in [0.2, 0.25) is 0 Å². The summed E-state index contributed by atoms with van der Waals surface area (Å²) in [6.07, 6.45) is 2.72. The third kappa shape index (κ3) is 4.45. The van der Waals surface area contributed by atoms with E-state index in [1.807, 2.05) is 6.07 Å². The van der Waals surface area contributed by atoms with E-state index in [1.165, 1.54) is 11.1 Å². The Balaban J connectivity index is 2.07. The van der Waals surface area contributed by atoms with Crippen molar-refractivity contribution in [3.8, 4) is 0 Å². The van der Waals surface area contributed by atoms with Gasteiger partial charge in [-0.1, -0.05) is 32.0 Å². The van der Waals surface area contributed by atoms with Gasteiger partial charge < -0.3 is 10.6 Å². The molecule has 2 N–H and O–H groups in total. The molecule has 1 aromatic carbocycles. The Labute approximate surface area is 127 Å². The van der Waals surface area contributed by atoms with Gasteiger partial charge in [0.05, 0.1) is 0 Å². The average molecular weight is 284 g/mol. The molecule has 0 atom stereocenters. The van der Waals surface area contributed by atoms with E-state index >= 15 is 0 Å². The maximum Gasteiger partial charge on any atom is 0.135 e. The van der Waals surface area contributed by atoms with Crippen LogP contribution >= 0.6 is 0 Å². The maximum atomic E-state index is 4.30. The number of nitrogens with one attached hydrogen (secondary N) is 2. The van der Waals surface area contributed by atoms with E-state index in [0.29, 0.717) is 5.92 Å². The first-order chi connectivity index (χ1) is 10.1. The first kappa shape index (κ1) is 15.3. The molecule has 0 amide bonds. The number of benzene rings is 1. The molecule has 0 saturated carbocycles. The van der Waals surface area contributed by atoms with Crippen LogP contribution in [0.4, 0.5) is 17.3 Å². The molecule has 4 nitrogen and oxygen atoms in total. The van der Waals surface area contributed by atoms with Crippen molar-refractivity contribution < 1.29 is 0 Å². The van der Waals surface area contributed by atoms with E-state index in [4.69, 9.17) is 0 Å². The van der Waals surface area contributed by atoms with Crippen LogP contribution in [0.2, 0.25) is 0 Å². The normalized spacial score (nSPS) is 10.7. The number of hydrogen-bond acceptors (Lipinski definition) is 4. The zero-order chi connectivity index (χ0) is 15.2. The summed E-state index contributed by atoms with van der Waals surface area (Å²) in [6.45, 7) is 9.55. The lowest BCUT2D eigenvalue weighted by Crippen LogP contribution is -2.07. The Bertz CT molecular complexity index is 573. The Hall–Kier alpha value is -2.10. The Kier molecular flexibility index (Phi) is 5.14. The number of aryl methyl sites for hydroxylation is 2. The van der Waals surface area contributed by atoms with E-state index in [0.717, 1.165) is 30.3 Å². The lowest BCUT2D eigenvalue weighted by molar-refractivity contribution is 0.606. The second-order valence-electron chi connectivity index (χ2n) is 5.79. The molecule has 21 heavy (non-hydrogen) atoms. The van der Waals surface area contributed by atoms with E-state index in [-0.39, 0.29) is 0 Å². The maximum absolute atomic E-state index is 4.30. The summed E-state index contributed by atoms with van der Waals surface area (Å²) >= 11 is 0. The van der Waals surface area contributed by atoms with E-state index in [1.54, 1.807) is 6.33 Å². The summed E-state index contributed by atoms with van der Waals surface area (Å²) in [6, 6.07) is 8.21. The van der Waals surface area contributed by atoms with Gasteiger partial charge in [0.1, 0.15) is 18.0 Å². The fraction of sp³-hybridized carbons (Fsp3) is 0.412. The summed E-state index contributed by atoms with van der Waals surface area (Å²) in [5.41, 5.74) is 3.54. The van der Waals surface area contributed by atoms with Crippen LogP contribution in [0.3, 0.4) is 0 Å². The molecule has 1 heterocycles. The number of hydrogen-bond donors (Lipinski definition) is 2. The van der Waals surface area contributed by atoms with Crippen LogP contribution in [0, 0.1) is 19.8 Å². The van der Waals surface area contributed by atoms with Gasteiger partial charge in [-0.2, -0.15) is 0 Å². The predicted octanol–water partition coefficient (Wildman–Crippen LogP) is 4.30. The van der Waals surface area contributed by atoms with Crippen LogP contribution in [-0.4, -0.2) is 16.5 Å². The highest BCUT2D eigenvalue weighted by atomic mass is 15.1. The minimum absolute atomic E-state index is 0.687. The summed E-state index contributed by atoms with van der Waals surface area (Å²) in [4.78, 5) is 8.56. The van der Waals surface area contributed by atoms with Crippen LogP contribution in [-0.2, 0) is 0 Å². The highest BCUT2D eigenvalue weighted by Crippen LogP contribution is 2.23. The van der Waals surface area contributed by atoms with Crippen molar-refractivity contribution >= 4 is 17.3 Å². The Morgan fingerprint density at radius 2 is 1.71 bits per heavy atom. The van der Waals surface area contributed by atoms with Gasteiger partial charge in [0, 0.05) is 18.3 Å². The lowest BCUT2D eigenvalue weighted by Gasteiger charge is -2.13. The smallest absolute Gasteiger partial charge is 0.135 e. The molecule has 0 bridgehead atoms. The second kappa shape index (κ2) is 7.07. The largest absolute Gasteiger partial charge is 0.370 e. The highest BCUT2D eigenvalue weighted by Gasteiger charge is 2.04. The van der Waals surface area contributed by atoms with E-state index in [2.05, 4.69) is 66.5 Å². The number of aromatic nitrogens is 2. The number of nitrogens with zero attached hydrogens (tertiary/aromatic N) is 2. The Morgan fingerprint density at radius 3 is 2.38 bits per heavy atom. The molecular weight excluding hydrogens is 260 g/mol. The van der Waals surface area contributed by atoms with Gasteiger partial charge in [-0.3, -0.25) is 0 Å². The second-order valence-corrected chi connectivity index (χ2v) is 5.79. The van der Waals surface area contributed by atoms with Crippen LogP contribution in [0.25, 0.3) is 0 Å². The van der Waals surface area contributed by atoms with Crippen molar-refractivity contribution in [1.29, 1.82) is 0 Å². The Morgan fingerprint density at radius 1 is 1.05 bits per heavy atom. The molecule has 0 saturated heterocycles. The van der Waals surface area contributed by atoms with Crippen LogP contribution in [0.15, 0.2) is 30.6 Å². The number of para-hydroxylation sites is 1. The molecule has 4 heteroatoms. The molecule has 2 rings (SSSR count). The first-order valence-corrected chi connectivity index (χ1v) is 7.45. The molecule has 0 spiro atoms. The summed E-state index contributed by atoms with van der Waals surface area (Å²) in [5, 5.41) is 6.73. The molecule has 0 unspecified atom stereocenters. The molecular formula is C17H24N4. The van der Waals surface area contributed by atoms with Gasteiger partial charge in [0.25, 0.3) is 0 Å². The van der Waals surface area contributed by atoms with Crippen molar-refractivity contribution in [1.82, 2.24) is 9.97 Å². The van der Waals surface area contributed by atoms with E-state index in [9.17, 15) is 0 Å². The average Bonchev–Trinajstić information content (AvgIpc) is 2.43. The number of rotatable bonds is 6. The van der Waals surface area contributed by atoms with Crippen molar-refractivity contribution in [3.63, 3.8) is 0 Å². The topological polar surface area (TPSA) is 49.8 Å². The molecule has 1 aromatic heterocycles. The van der Waals surface area contributed by atoms with Crippen molar-refractivity contribution in [2.45, 2.75) is 34.1 Å². The van der Waals surface area contributed by atoms with Crippen molar-refractivity contribution in [2.24, 2.45) is 5.92 Å². The zero-order valence-electron chi connectivity index (χ0n) is 13.3. The van der Waals surface area contributed by atoms with Gasteiger partial charge in [-0.25, -0.2) is 9.97 Å².